The van der Waals surface area contributed by atoms with E-state index in [1.165, 1.54) is 103 Å². The Morgan fingerprint density at radius 3 is 0.806 bits per heavy atom. The fraction of sp³-hybridized carbons (Fsp3) is 0.938. The summed E-state index contributed by atoms with van der Waals surface area (Å²) >= 11 is 0. The molecule has 0 spiro atoms. The zero-order valence-electron chi connectivity index (χ0n) is 24.8. The predicted octanol–water partition coefficient (Wildman–Crippen LogP) is 10.8. The van der Waals surface area contributed by atoms with Gasteiger partial charge < -0.3 is 10.2 Å². The van der Waals surface area contributed by atoms with Crippen LogP contribution in [0.15, 0.2) is 0 Å². The monoisotopic (exact) mass is 512 g/mol. The number of carbonyl (C=O) groups is 2. The van der Waals surface area contributed by atoms with Gasteiger partial charge in [0.15, 0.2) is 0 Å². The van der Waals surface area contributed by atoms with Gasteiger partial charge in [-0.05, 0) is 25.7 Å². The minimum Gasteiger partial charge on any atom is -0.481 e. The summed E-state index contributed by atoms with van der Waals surface area (Å²) in [5, 5.41) is 18.3. The molecule has 0 amide bonds. The van der Waals surface area contributed by atoms with Crippen LogP contribution < -0.4 is 0 Å². The zero-order valence-corrected chi connectivity index (χ0v) is 24.8. The summed E-state index contributed by atoms with van der Waals surface area (Å²) in [6.07, 6.45) is 27.9. The van der Waals surface area contributed by atoms with Crippen LogP contribution in [-0.2, 0) is 9.59 Å². The van der Waals surface area contributed by atoms with Gasteiger partial charge in [0.1, 0.15) is 0 Å². The van der Waals surface area contributed by atoms with Crippen molar-refractivity contribution in [2.45, 2.75) is 182 Å². The van der Waals surface area contributed by atoms with Crippen molar-refractivity contribution in [2.75, 3.05) is 0 Å². The molecule has 0 bridgehead atoms. The van der Waals surface area contributed by atoms with Crippen molar-refractivity contribution in [1.82, 2.24) is 0 Å². The van der Waals surface area contributed by atoms with Crippen LogP contribution in [0.25, 0.3) is 0 Å². The van der Waals surface area contributed by atoms with E-state index in [-0.39, 0.29) is 11.8 Å². The van der Waals surface area contributed by atoms with Crippen LogP contribution in [0, 0.1) is 11.8 Å². The van der Waals surface area contributed by atoms with Crippen molar-refractivity contribution < 1.29 is 19.8 Å². The molecule has 0 heterocycles. The lowest BCUT2D eigenvalue weighted by atomic mass is 9.94. The van der Waals surface area contributed by atoms with E-state index in [9.17, 15) is 19.8 Å². The number of hydrogen-bond acceptors (Lipinski definition) is 2. The van der Waals surface area contributed by atoms with Gasteiger partial charge in [-0.15, -0.1) is 0 Å². The maximum absolute atomic E-state index is 11.1. The summed E-state index contributed by atoms with van der Waals surface area (Å²) in [5.74, 6) is -1.35. The van der Waals surface area contributed by atoms with Crippen molar-refractivity contribution >= 4 is 11.9 Å². The third-order valence-corrected chi connectivity index (χ3v) is 7.32. The lowest BCUT2D eigenvalue weighted by Gasteiger charge is -2.11. The predicted molar refractivity (Wildman–Crippen MR) is 156 cm³/mol. The molecule has 0 saturated carbocycles. The molecule has 0 aromatic carbocycles. The first-order valence-corrected chi connectivity index (χ1v) is 15.9. The summed E-state index contributed by atoms with van der Waals surface area (Å²) in [7, 11) is 0. The first kappa shape index (κ1) is 37.1. The SMILES string of the molecule is CCCCCCCCC(CCCCCC)C(=O)O.CCCCCCCCC(CCCCCC)C(=O)O. The van der Waals surface area contributed by atoms with Crippen LogP contribution >= 0.6 is 0 Å². The van der Waals surface area contributed by atoms with Gasteiger partial charge >= 0.3 is 11.9 Å². The molecule has 36 heavy (non-hydrogen) atoms. The smallest absolute Gasteiger partial charge is 0.306 e. The molecule has 0 aliphatic rings. The third-order valence-electron chi connectivity index (χ3n) is 7.32. The van der Waals surface area contributed by atoms with Crippen LogP contribution in [0.1, 0.15) is 182 Å². The van der Waals surface area contributed by atoms with Crippen molar-refractivity contribution in [3.05, 3.63) is 0 Å². The van der Waals surface area contributed by atoms with Gasteiger partial charge in [-0.1, -0.05) is 156 Å². The number of carboxylic acid groups (broad SMARTS) is 2. The van der Waals surface area contributed by atoms with Crippen molar-refractivity contribution in [3.63, 3.8) is 0 Å². The van der Waals surface area contributed by atoms with Crippen LogP contribution in [0.4, 0.5) is 0 Å². The minimum absolute atomic E-state index is 0.0898. The quantitative estimate of drug-likeness (QED) is 0.113. The van der Waals surface area contributed by atoms with Gasteiger partial charge in [0, 0.05) is 0 Å². The highest BCUT2D eigenvalue weighted by atomic mass is 16.4. The number of unbranched alkanes of at least 4 members (excludes halogenated alkanes) is 16. The number of rotatable bonds is 26. The summed E-state index contributed by atoms with van der Waals surface area (Å²) < 4.78 is 0. The Morgan fingerprint density at radius 1 is 0.389 bits per heavy atom. The summed E-state index contributed by atoms with van der Waals surface area (Å²) in [6, 6.07) is 0. The Hall–Kier alpha value is -1.06. The highest BCUT2D eigenvalue weighted by Crippen LogP contribution is 2.20. The molecule has 2 N–H and O–H groups in total. The fourth-order valence-corrected chi connectivity index (χ4v) is 4.76. The Kier molecular flexibility index (Phi) is 31.1. The highest BCUT2D eigenvalue weighted by Gasteiger charge is 2.16. The van der Waals surface area contributed by atoms with E-state index in [1.54, 1.807) is 0 Å². The van der Waals surface area contributed by atoms with E-state index in [4.69, 9.17) is 0 Å². The highest BCUT2D eigenvalue weighted by molar-refractivity contribution is 5.70. The standard InChI is InChI=1S/2C16H32O2/c2*1-3-5-7-9-10-12-14-15(16(17)18)13-11-8-6-4-2/h2*15H,3-14H2,1-2H3,(H,17,18). The van der Waals surface area contributed by atoms with Crippen LogP contribution in [-0.4, -0.2) is 22.2 Å². The molecular formula is C32H64O4. The summed E-state index contributed by atoms with van der Waals surface area (Å²) in [5.41, 5.74) is 0. The van der Waals surface area contributed by atoms with E-state index in [2.05, 4.69) is 27.7 Å². The molecule has 0 aromatic rings. The molecule has 0 aliphatic heterocycles. The molecule has 0 radical (unpaired) electrons. The van der Waals surface area contributed by atoms with Crippen molar-refractivity contribution in [2.24, 2.45) is 11.8 Å². The number of carboxylic acids is 2. The maximum Gasteiger partial charge on any atom is 0.306 e. The van der Waals surface area contributed by atoms with E-state index in [0.717, 1.165) is 51.4 Å². The van der Waals surface area contributed by atoms with Gasteiger partial charge in [-0.25, -0.2) is 0 Å². The first-order chi connectivity index (χ1) is 17.4. The molecule has 0 rings (SSSR count). The minimum atomic E-state index is -0.583. The Balaban J connectivity index is 0. The van der Waals surface area contributed by atoms with Crippen molar-refractivity contribution in [1.29, 1.82) is 0 Å². The molecule has 2 unspecified atom stereocenters. The van der Waals surface area contributed by atoms with Crippen molar-refractivity contribution in [3.8, 4) is 0 Å². The van der Waals surface area contributed by atoms with E-state index < -0.39 is 11.9 Å². The second-order valence-corrected chi connectivity index (χ2v) is 10.9. The summed E-state index contributed by atoms with van der Waals surface area (Å²) in [4.78, 5) is 22.3. The molecule has 0 fully saturated rings. The largest absolute Gasteiger partial charge is 0.481 e. The molecule has 0 aromatic heterocycles. The molecule has 4 nitrogen and oxygen atoms in total. The van der Waals surface area contributed by atoms with Gasteiger partial charge in [0.25, 0.3) is 0 Å². The fourth-order valence-electron chi connectivity index (χ4n) is 4.76. The second kappa shape index (κ2) is 30.2. The van der Waals surface area contributed by atoms with E-state index in [1.807, 2.05) is 0 Å². The first-order valence-electron chi connectivity index (χ1n) is 15.9. The Labute approximate surface area is 225 Å². The molecule has 0 saturated heterocycles. The lowest BCUT2D eigenvalue weighted by molar-refractivity contribution is -0.143. The second-order valence-electron chi connectivity index (χ2n) is 10.9. The number of hydrogen-bond donors (Lipinski definition) is 2. The van der Waals surface area contributed by atoms with Gasteiger partial charge in [-0.3, -0.25) is 9.59 Å². The molecule has 216 valence electrons. The van der Waals surface area contributed by atoms with Crippen LogP contribution in [0.2, 0.25) is 0 Å². The zero-order chi connectivity index (χ0) is 27.3. The average molecular weight is 513 g/mol. The molecule has 4 heteroatoms. The van der Waals surface area contributed by atoms with Crippen LogP contribution in [0.3, 0.4) is 0 Å². The molecule has 0 aliphatic carbocycles. The molecular weight excluding hydrogens is 448 g/mol. The van der Waals surface area contributed by atoms with E-state index in [0.29, 0.717) is 0 Å². The lowest BCUT2D eigenvalue weighted by Crippen LogP contribution is -2.13. The third kappa shape index (κ3) is 27.5. The Bertz CT molecular complexity index is 421. The Morgan fingerprint density at radius 2 is 0.583 bits per heavy atom. The van der Waals surface area contributed by atoms with Crippen LogP contribution in [0.5, 0.6) is 0 Å². The normalized spacial score (nSPS) is 12.6. The summed E-state index contributed by atoms with van der Waals surface area (Å²) in [6.45, 7) is 8.81. The maximum atomic E-state index is 11.1. The number of aliphatic carboxylic acids is 2. The van der Waals surface area contributed by atoms with Gasteiger partial charge in [-0.2, -0.15) is 0 Å². The topological polar surface area (TPSA) is 74.6 Å². The van der Waals surface area contributed by atoms with E-state index >= 15 is 0 Å². The van der Waals surface area contributed by atoms with Gasteiger partial charge in [0.05, 0.1) is 11.8 Å². The molecule has 2 atom stereocenters. The average Bonchev–Trinajstić information content (AvgIpc) is 2.86. The van der Waals surface area contributed by atoms with Gasteiger partial charge in [0.2, 0.25) is 0 Å².